The maximum absolute atomic E-state index is 11.8. The van der Waals surface area contributed by atoms with Crippen molar-refractivity contribution in [1.29, 1.82) is 0 Å². The lowest BCUT2D eigenvalue weighted by atomic mass is 10.2. The minimum absolute atomic E-state index is 0.155. The number of hydrogen-bond acceptors (Lipinski definition) is 5. The lowest BCUT2D eigenvalue weighted by Gasteiger charge is -2.12. The predicted octanol–water partition coefficient (Wildman–Crippen LogP) is 1.78. The summed E-state index contributed by atoms with van der Waals surface area (Å²) in [5.74, 6) is 2.65. The molecule has 0 aliphatic carbocycles. The smallest absolute Gasteiger partial charge is 0.272 e. The molecule has 1 aromatic rings. The van der Waals surface area contributed by atoms with Crippen LogP contribution in [0.2, 0.25) is 0 Å². The van der Waals surface area contributed by atoms with Crippen LogP contribution in [0.4, 0.5) is 5.82 Å². The topological polar surface area (TPSA) is 66.9 Å². The normalized spacial score (nSPS) is 11.9. The van der Waals surface area contributed by atoms with E-state index in [0.717, 1.165) is 17.9 Å². The zero-order valence-corrected chi connectivity index (χ0v) is 11.9. The third-order valence-electron chi connectivity index (χ3n) is 2.43. The molecule has 0 aromatic carbocycles. The predicted molar refractivity (Wildman–Crippen MR) is 76.1 cm³/mol. The Balaban J connectivity index is 2.43. The molecule has 1 amide bonds. The van der Waals surface area contributed by atoms with E-state index in [9.17, 15) is 4.79 Å². The third-order valence-corrected chi connectivity index (χ3v) is 3.36. The standard InChI is InChI=1S/C12H20N4OS/c1-4-18-8-7-9(2)14-12(17)10-5-6-11(13-3)16-15-10/h5-6,9H,4,7-8H2,1-3H3,(H,13,16)(H,14,17). The van der Waals surface area contributed by atoms with Gasteiger partial charge >= 0.3 is 0 Å². The zero-order valence-electron chi connectivity index (χ0n) is 11.1. The molecule has 5 nitrogen and oxygen atoms in total. The minimum atomic E-state index is -0.167. The van der Waals surface area contributed by atoms with Crippen LogP contribution in [-0.2, 0) is 0 Å². The zero-order chi connectivity index (χ0) is 13.4. The van der Waals surface area contributed by atoms with Gasteiger partial charge in [-0.15, -0.1) is 10.2 Å². The number of carbonyl (C=O) groups is 1. The number of thioether (sulfide) groups is 1. The summed E-state index contributed by atoms with van der Waals surface area (Å²) in [5.41, 5.74) is 0.351. The van der Waals surface area contributed by atoms with Crippen LogP contribution in [-0.4, -0.2) is 40.7 Å². The number of carbonyl (C=O) groups excluding carboxylic acids is 1. The Bertz CT molecular complexity index is 369. The van der Waals surface area contributed by atoms with E-state index in [1.807, 2.05) is 18.7 Å². The van der Waals surface area contributed by atoms with Gasteiger partial charge in [0, 0.05) is 13.1 Å². The summed E-state index contributed by atoms with van der Waals surface area (Å²) >= 11 is 1.88. The molecule has 0 aliphatic rings. The maximum Gasteiger partial charge on any atom is 0.272 e. The van der Waals surface area contributed by atoms with Gasteiger partial charge in [-0.3, -0.25) is 4.79 Å². The monoisotopic (exact) mass is 268 g/mol. The van der Waals surface area contributed by atoms with Gasteiger partial charge in [-0.1, -0.05) is 6.92 Å². The number of nitrogens with zero attached hydrogens (tertiary/aromatic N) is 2. The van der Waals surface area contributed by atoms with E-state index in [1.54, 1.807) is 19.2 Å². The van der Waals surface area contributed by atoms with Crippen molar-refractivity contribution in [2.24, 2.45) is 0 Å². The lowest BCUT2D eigenvalue weighted by molar-refractivity contribution is 0.0933. The Morgan fingerprint density at radius 2 is 2.22 bits per heavy atom. The number of anilines is 1. The van der Waals surface area contributed by atoms with Crippen molar-refractivity contribution in [1.82, 2.24) is 15.5 Å². The summed E-state index contributed by atoms with van der Waals surface area (Å²) in [7, 11) is 1.76. The van der Waals surface area contributed by atoms with Gasteiger partial charge in [0.2, 0.25) is 0 Å². The van der Waals surface area contributed by atoms with Crippen LogP contribution in [0.5, 0.6) is 0 Å². The molecule has 100 valence electrons. The van der Waals surface area contributed by atoms with Gasteiger partial charge in [0.05, 0.1) is 0 Å². The van der Waals surface area contributed by atoms with E-state index in [-0.39, 0.29) is 11.9 Å². The molecule has 2 N–H and O–H groups in total. The third kappa shape index (κ3) is 4.91. The minimum Gasteiger partial charge on any atom is -0.372 e. The van der Waals surface area contributed by atoms with Crippen molar-refractivity contribution in [3.05, 3.63) is 17.8 Å². The Morgan fingerprint density at radius 3 is 2.78 bits per heavy atom. The summed E-state index contributed by atoms with van der Waals surface area (Å²) in [6, 6.07) is 3.56. The van der Waals surface area contributed by atoms with E-state index >= 15 is 0 Å². The second kappa shape index (κ2) is 7.92. The fourth-order valence-corrected chi connectivity index (χ4v) is 2.17. The largest absolute Gasteiger partial charge is 0.372 e. The van der Waals surface area contributed by atoms with Crippen molar-refractivity contribution >= 4 is 23.5 Å². The molecule has 0 fully saturated rings. The highest BCUT2D eigenvalue weighted by Gasteiger charge is 2.11. The molecule has 0 spiro atoms. The van der Waals surface area contributed by atoms with Crippen molar-refractivity contribution < 1.29 is 4.79 Å². The summed E-state index contributed by atoms with van der Waals surface area (Å²) < 4.78 is 0. The molecule has 0 bridgehead atoms. The second-order valence-corrected chi connectivity index (χ2v) is 5.31. The highest BCUT2D eigenvalue weighted by molar-refractivity contribution is 7.99. The van der Waals surface area contributed by atoms with Gasteiger partial charge in [-0.25, -0.2) is 0 Å². The molecule has 1 aromatic heterocycles. The first-order valence-corrected chi connectivity index (χ1v) is 7.23. The van der Waals surface area contributed by atoms with Gasteiger partial charge in [0.15, 0.2) is 5.69 Å². The first-order valence-electron chi connectivity index (χ1n) is 6.07. The van der Waals surface area contributed by atoms with Crippen LogP contribution in [0.15, 0.2) is 12.1 Å². The quantitative estimate of drug-likeness (QED) is 0.738. The summed E-state index contributed by atoms with van der Waals surface area (Å²) in [6.07, 6.45) is 0.965. The van der Waals surface area contributed by atoms with Crippen molar-refractivity contribution in [2.75, 3.05) is 23.9 Å². The SMILES string of the molecule is CCSCCC(C)NC(=O)c1ccc(NC)nn1. The lowest BCUT2D eigenvalue weighted by Crippen LogP contribution is -2.33. The number of nitrogens with one attached hydrogen (secondary N) is 2. The molecule has 0 saturated heterocycles. The summed E-state index contributed by atoms with van der Waals surface area (Å²) in [4.78, 5) is 11.8. The van der Waals surface area contributed by atoms with E-state index in [4.69, 9.17) is 0 Å². The molecule has 18 heavy (non-hydrogen) atoms. The van der Waals surface area contributed by atoms with Gasteiger partial charge in [-0.2, -0.15) is 11.8 Å². The van der Waals surface area contributed by atoms with Crippen molar-refractivity contribution in [3.8, 4) is 0 Å². The van der Waals surface area contributed by atoms with Gasteiger partial charge < -0.3 is 10.6 Å². The fraction of sp³-hybridized carbons (Fsp3) is 0.583. The Kier molecular flexibility index (Phi) is 6.49. The van der Waals surface area contributed by atoms with Crippen LogP contribution in [0.25, 0.3) is 0 Å². The van der Waals surface area contributed by atoms with E-state index in [2.05, 4.69) is 27.8 Å². The Hall–Kier alpha value is -1.30. The highest BCUT2D eigenvalue weighted by Crippen LogP contribution is 2.05. The Morgan fingerprint density at radius 1 is 1.44 bits per heavy atom. The first-order chi connectivity index (χ1) is 8.67. The van der Waals surface area contributed by atoms with E-state index in [1.165, 1.54) is 0 Å². The summed E-state index contributed by atoms with van der Waals surface area (Å²) in [5, 5.41) is 13.5. The fourth-order valence-electron chi connectivity index (χ4n) is 1.36. The molecule has 1 heterocycles. The molecule has 0 saturated carbocycles. The van der Waals surface area contributed by atoms with Crippen molar-refractivity contribution in [2.45, 2.75) is 26.3 Å². The van der Waals surface area contributed by atoms with Crippen LogP contribution in [0, 0.1) is 0 Å². The molecular weight excluding hydrogens is 248 g/mol. The van der Waals surface area contributed by atoms with Gasteiger partial charge in [0.1, 0.15) is 5.82 Å². The number of aromatic nitrogens is 2. The molecule has 1 unspecified atom stereocenters. The van der Waals surface area contributed by atoms with E-state index < -0.39 is 0 Å². The van der Waals surface area contributed by atoms with Gasteiger partial charge in [-0.05, 0) is 37.0 Å². The number of amides is 1. The number of rotatable bonds is 7. The molecule has 1 rings (SSSR count). The molecule has 0 aliphatic heterocycles. The average molecular weight is 268 g/mol. The molecule has 0 radical (unpaired) electrons. The Labute approximate surface area is 112 Å². The maximum atomic E-state index is 11.8. The van der Waals surface area contributed by atoms with Crippen LogP contribution in [0.3, 0.4) is 0 Å². The summed E-state index contributed by atoms with van der Waals surface area (Å²) in [6.45, 7) is 4.14. The highest BCUT2D eigenvalue weighted by atomic mass is 32.2. The number of hydrogen-bond donors (Lipinski definition) is 2. The molecular formula is C12H20N4OS. The first kappa shape index (κ1) is 14.8. The molecule has 1 atom stereocenters. The second-order valence-electron chi connectivity index (χ2n) is 3.91. The van der Waals surface area contributed by atoms with E-state index in [0.29, 0.717) is 11.5 Å². The van der Waals surface area contributed by atoms with Crippen molar-refractivity contribution in [3.63, 3.8) is 0 Å². The van der Waals surface area contributed by atoms with Crippen LogP contribution in [0.1, 0.15) is 30.8 Å². The van der Waals surface area contributed by atoms with Crippen LogP contribution < -0.4 is 10.6 Å². The van der Waals surface area contributed by atoms with Crippen LogP contribution >= 0.6 is 11.8 Å². The molecule has 6 heteroatoms. The average Bonchev–Trinajstić information content (AvgIpc) is 2.39. The van der Waals surface area contributed by atoms with Gasteiger partial charge in [0.25, 0.3) is 5.91 Å².